The fraction of sp³-hybridized carbons (Fsp3) is 0.409. The number of amides is 1. The topological polar surface area (TPSA) is 41.1 Å². The fourth-order valence-electron chi connectivity index (χ4n) is 3.50. The Morgan fingerprint density at radius 2 is 1.61 bits per heavy atom. The summed E-state index contributed by atoms with van der Waals surface area (Å²) in [5, 5.41) is 6.30. The molecule has 0 spiro atoms. The van der Waals surface area contributed by atoms with Crippen LogP contribution in [0, 0.1) is 5.92 Å². The molecule has 0 heterocycles. The van der Waals surface area contributed by atoms with Crippen LogP contribution in [0.15, 0.2) is 53.4 Å². The minimum atomic E-state index is -2.44. The average Bonchev–Trinajstić information content (AvgIpc) is 2.69. The molecular weight excluding hydrogens is 378 g/mol. The van der Waals surface area contributed by atoms with Crippen LogP contribution in [0.3, 0.4) is 0 Å². The predicted molar refractivity (Wildman–Crippen MR) is 112 cm³/mol. The second-order valence-electron chi connectivity index (χ2n) is 7.21. The third kappa shape index (κ3) is 6.82. The Hall–Kier alpha value is -2.08. The summed E-state index contributed by atoms with van der Waals surface area (Å²) in [4.78, 5) is 12.7. The Morgan fingerprint density at radius 1 is 0.964 bits per heavy atom. The monoisotopic (exact) mass is 404 g/mol. The molecule has 150 valence electrons. The quantitative estimate of drug-likeness (QED) is 0.517. The van der Waals surface area contributed by atoms with Crippen LogP contribution in [0.25, 0.3) is 0 Å². The van der Waals surface area contributed by atoms with Crippen LogP contribution in [-0.2, 0) is 11.2 Å². The lowest BCUT2D eigenvalue weighted by atomic mass is 9.89. The van der Waals surface area contributed by atoms with E-state index in [4.69, 9.17) is 0 Å². The molecule has 2 aromatic carbocycles. The normalized spacial score (nSPS) is 14.8. The summed E-state index contributed by atoms with van der Waals surface area (Å²) in [6.45, 7) is 1.01. The Labute approximate surface area is 169 Å². The molecule has 0 aromatic heterocycles. The van der Waals surface area contributed by atoms with Gasteiger partial charge in [0.15, 0.2) is 0 Å². The third-order valence-electron chi connectivity index (χ3n) is 5.00. The number of halogens is 2. The first kappa shape index (κ1) is 20.6. The molecule has 0 unspecified atom stereocenters. The Bertz CT molecular complexity index is 744. The maximum absolute atomic E-state index is 12.3. The van der Waals surface area contributed by atoms with E-state index in [-0.39, 0.29) is 12.3 Å². The van der Waals surface area contributed by atoms with Crippen molar-refractivity contribution in [2.24, 2.45) is 5.92 Å². The number of nitrogens with one attached hydrogen (secondary N) is 2. The van der Waals surface area contributed by atoms with Gasteiger partial charge < -0.3 is 10.6 Å². The minimum absolute atomic E-state index is 0.128. The molecule has 3 rings (SSSR count). The molecule has 0 bridgehead atoms. The number of rotatable bonds is 8. The van der Waals surface area contributed by atoms with Crippen LogP contribution in [-0.4, -0.2) is 18.2 Å². The van der Waals surface area contributed by atoms with Gasteiger partial charge in [-0.1, -0.05) is 43.2 Å². The van der Waals surface area contributed by atoms with Crippen LogP contribution in [0.5, 0.6) is 0 Å². The van der Waals surface area contributed by atoms with Gasteiger partial charge in [0.25, 0.3) is 5.76 Å². The van der Waals surface area contributed by atoms with Gasteiger partial charge in [0, 0.05) is 22.8 Å². The van der Waals surface area contributed by atoms with E-state index in [9.17, 15) is 13.6 Å². The van der Waals surface area contributed by atoms with E-state index in [0.29, 0.717) is 22.3 Å². The van der Waals surface area contributed by atoms with Crippen molar-refractivity contribution in [3.63, 3.8) is 0 Å². The van der Waals surface area contributed by atoms with Crippen molar-refractivity contribution in [2.75, 3.05) is 17.2 Å². The maximum atomic E-state index is 12.3. The molecule has 3 nitrogen and oxygen atoms in total. The van der Waals surface area contributed by atoms with Crippen molar-refractivity contribution in [3.8, 4) is 0 Å². The third-order valence-corrected chi connectivity index (χ3v) is 5.72. The van der Waals surface area contributed by atoms with Crippen molar-refractivity contribution >= 4 is 29.0 Å². The number of thioether (sulfide) groups is 1. The number of alkyl halides is 2. The predicted octanol–water partition coefficient (Wildman–Crippen LogP) is 6.17. The zero-order valence-corrected chi connectivity index (χ0v) is 16.6. The van der Waals surface area contributed by atoms with E-state index in [1.165, 1.54) is 32.1 Å². The summed E-state index contributed by atoms with van der Waals surface area (Å²) in [5.74, 6) is -1.80. The van der Waals surface area contributed by atoms with Crippen molar-refractivity contribution in [2.45, 2.75) is 49.2 Å². The summed E-state index contributed by atoms with van der Waals surface area (Å²) < 4.78 is 24.7. The molecule has 0 saturated heterocycles. The Balaban J connectivity index is 1.44. The van der Waals surface area contributed by atoms with Gasteiger partial charge in [-0.25, -0.2) is 0 Å². The molecule has 2 N–H and O–H groups in total. The van der Waals surface area contributed by atoms with E-state index in [1.54, 1.807) is 24.3 Å². The molecule has 0 atom stereocenters. The second-order valence-corrected chi connectivity index (χ2v) is 8.27. The minimum Gasteiger partial charge on any atom is -0.385 e. The molecule has 28 heavy (non-hydrogen) atoms. The van der Waals surface area contributed by atoms with Gasteiger partial charge in [0.1, 0.15) is 0 Å². The van der Waals surface area contributed by atoms with E-state index in [1.807, 2.05) is 24.3 Å². The molecule has 1 aliphatic carbocycles. The first-order valence-electron chi connectivity index (χ1n) is 9.76. The van der Waals surface area contributed by atoms with Gasteiger partial charge in [-0.05, 0) is 60.7 Å². The summed E-state index contributed by atoms with van der Waals surface area (Å²) in [6, 6.07) is 14.4. The highest BCUT2D eigenvalue weighted by atomic mass is 32.2. The molecule has 1 fully saturated rings. The standard InChI is InChI=1S/C22H26F2N2OS/c23-22(24)28-20-12-10-19(11-13-20)26-21(27)14-16-6-8-18(9-7-16)25-15-17-4-2-1-3-5-17/h6-13,17,22,25H,1-5,14-15H2,(H,26,27). The molecule has 1 aliphatic rings. The summed E-state index contributed by atoms with van der Waals surface area (Å²) >= 11 is 0.491. The molecule has 1 saturated carbocycles. The number of carbonyl (C=O) groups excluding carboxylic acids is 1. The molecule has 1 amide bonds. The Kier molecular flexibility index (Phi) is 7.71. The van der Waals surface area contributed by atoms with Gasteiger partial charge >= 0.3 is 0 Å². The molecule has 0 radical (unpaired) electrons. The number of carbonyl (C=O) groups is 1. The zero-order chi connectivity index (χ0) is 19.8. The van der Waals surface area contributed by atoms with Crippen LogP contribution < -0.4 is 10.6 Å². The zero-order valence-electron chi connectivity index (χ0n) is 15.8. The molecule has 2 aromatic rings. The maximum Gasteiger partial charge on any atom is 0.288 e. The first-order valence-corrected chi connectivity index (χ1v) is 10.6. The van der Waals surface area contributed by atoms with Gasteiger partial charge in [-0.15, -0.1) is 0 Å². The van der Waals surface area contributed by atoms with Gasteiger partial charge in [0.2, 0.25) is 5.91 Å². The van der Waals surface area contributed by atoms with Crippen LogP contribution in [0.1, 0.15) is 37.7 Å². The van der Waals surface area contributed by atoms with E-state index in [2.05, 4.69) is 10.6 Å². The van der Waals surface area contributed by atoms with Crippen LogP contribution >= 0.6 is 11.8 Å². The van der Waals surface area contributed by atoms with Crippen LogP contribution in [0.2, 0.25) is 0 Å². The van der Waals surface area contributed by atoms with Gasteiger partial charge in [-0.2, -0.15) is 8.78 Å². The van der Waals surface area contributed by atoms with E-state index < -0.39 is 5.76 Å². The highest BCUT2D eigenvalue weighted by molar-refractivity contribution is 7.99. The summed E-state index contributed by atoms with van der Waals surface area (Å²) in [7, 11) is 0. The van der Waals surface area contributed by atoms with Crippen molar-refractivity contribution in [1.29, 1.82) is 0 Å². The number of benzene rings is 2. The summed E-state index contributed by atoms with van der Waals surface area (Å²) in [6.07, 6.45) is 6.95. The number of hydrogen-bond donors (Lipinski definition) is 2. The van der Waals surface area contributed by atoms with Crippen LogP contribution in [0.4, 0.5) is 20.2 Å². The number of hydrogen-bond acceptors (Lipinski definition) is 3. The second kappa shape index (κ2) is 10.5. The van der Waals surface area contributed by atoms with Crippen molar-refractivity contribution in [3.05, 3.63) is 54.1 Å². The highest BCUT2D eigenvalue weighted by Gasteiger charge is 2.13. The fourth-order valence-corrected chi connectivity index (χ4v) is 4.00. The smallest absolute Gasteiger partial charge is 0.288 e. The lowest BCUT2D eigenvalue weighted by molar-refractivity contribution is -0.115. The van der Waals surface area contributed by atoms with Crippen molar-refractivity contribution in [1.82, 2.24) is 0 Å². The number of anilines is 2. The van der Waals surface area contributed by atoms with Crippen molar-refractivity contribution < 1.29 is 13.6 Å². The van der Waals surface area contributed by atoms with Gasteiger partial charge in [-0.3, -0.25) is 4.79 Å². The lowest BCUT2D eigenvalue weighted by Gasteiger charge is -2.22. The van der Waals surface area contributed by atoms with Gasteiger partial charge in [0.05, 0.1) is 6.42 Å². The first-order chi connectivity index (χ1) is 13.6. The largest absolute Gasteiger partial charge is 0.385 e. The SMILES string of the molecule is O=C(Cc1ccc(NCC2CCCCC2)cc1)Nc1ccc(SC(F)F)cc1. The lowest BCUT2D eigenvalue weighted by Crippen LogP contribution is -2.17. The van der Waals surface area contributed by atoms with E-state index >= 15 is 0 Å². The Morgan fingerprint density at radius 3 is 2.25 bits per heavy atom. The summed E-state index contributed by atoms with van der Waals surface area (Å²) in [5.41, 5.74) is 2.63. The van der Waals surface area contributed by atoms with E-state index in [0.717, 1.165) is 23.7 Å². The average molecular weight is 405 g/mol. The highest BCUT2D eigenvalue weighted by Crippen LogP contribution is 2.26. The molecule has 0 aliphatic heterocycles. The molecular formula is C22H26F2N2OS. The molecule has 6 heteroatoms.